The van der Waals surface area contributed by atoms with E-state index in [1.807, 2.05) is 49.4 Å². The van der Waals surface area contributed by atoms with Gasteiger partial charge in [-0.1, -0.05) is 43.7 Å². The minimum Gasteiger partial charge on any atom is -0.479 e. The summed E-state index contributed by atoms with van der Waals surface area (Å²) in [7, 11) is 0. The summed E-state index contributed by atoms with van der Waals surface area (Å²) in [4.78, 5) is 16.1. The van der Waals surface area contributed by atoms with Crippen LogP contribution in [0.5, 0.6) is 5.75 Å². The number of rotatable bonds is 7. The molecule has 3 aromatic rings. The van der Waals surface area contributed by atoms with Crippen LogP contribution in [-0.2, 0) is 13.0 Å². The minimum absolute atomic E-state index is 0.0440. The monoisotopic (exact) mass is 403 g/mol. The zero-order chi connectivity index (χ0) is 21.7. The van der Waals surface area contributed by atoms with Crippen LogP contribution in [0.4, 0.5) is 4.79 Å². The van der Waals surface area contributed by atoms with E-state index in [4.69, 9.17) is 15.0 Å². The van der Waals surface area contributed by atoms with E-state index in [9.17, 15) is 9.90 Å². The van der Waals surface area contributed by atoms with Crippen LogP contribution in [0.3, 0.4) is 0 Å². The third-order valence-electron chi connectivity index (χ3n) is 4.80. The maximum Gasteiger partial charge on any atom is 0.404 e. The number of pyridine rings is 1. The largest absolute Gasteiger partial charge is 0.479 e. The highest BCUT2D eigenvalue weighted by molar-refractivity contribution is 5.97. The van der Waals surface area contributed by atoms with E-state index < -0.39 is 6.09 Å². The van der Waals surface area contributed by atoms with Gasteiger partial charge in [0.15, 0.2) is 6.61 Å². The van der Waals surface area contributed by atoms with Gasteiger partial charge in [-0.3, -0.25) is 4.98 Å². The van der Waals surface area contributed by atoms with E-state index in [0.29, 0.717) is 11.7 Å². The van der Waals surface area contributed by atoms with Crippen LogP contribution in [0.2, 0.25) is 0 Å². The number of nitriles is 1. The van der Waals surface area contributed by atoms with Crippen LogP contribution in [0.25, 0.3) is 22.0 Å². The topological polar surface area (TPSA) is 95.2 Å². The van der Waals surface area contributed by atoms with Crippen molar-refractivity contribution in [3.8, 4) is 22.9 Å². The van der Waals surface area contributed by atoms with Gasteiger partial charge in [0, 0.05) is 23.2 Å². The Morgan fingerprint density at radius 2 is 1.97 bits per heavy atom. The Hall–Kier alpha value is -3.59. The van der Waals surface area contributed by atoms with Gasteiger partial charge in [-0.25, -0.2) is 4.79 Å². The highest BCUT2D eigenvalue weighted by Crippen LogP contribution is 2.36. The van der Waals surface area contributed by atoms with Gasteiger partial charge >= 0.3 is 6.09 Å². The first-order chi connectivity index (χ1) is 14.4. The molecule has 0 unspecified atom stereocenters. The van der Waals surface area contributed by atoms with Crippen molar-refractivity contribution >= 4 is 17.0 Å². The molecule has 0 aliphatic heterocycles. The number of fused-ring (bicyclic) bond motifs is 1. The summed E-state index contributed by atoms with van der Waals surface area (Å²) in [6, 6.07) is 15.7. The van der Waals surface area contributed by atoms with Gasteiger partial charge in [-0.05, 0) is 48.6 Å². The summed E-state index contributed by atoms with van der Waals surface area (Å²) >= 11 is 0. The molecule has 30 heavy (non-hydrogen) atoms. The van der Waals surface area contributed by atoms with Crippen molar-refractivity contribution in [1.82, 2.24) is 10.3 Å². The van der Waals surface area contributed by atoms with Gasteiger partial charge in [0.1, 0.15) is 11.8 Å². The van der Waals surface area contributed by atoms with Crippen LogP contribution >= 0.6 is 0 Å². The van der Waals surface area contributed by atoms with Gasteiger partial charge in [0.25, 0.3) is 0 Å². The molecule has 0 aliphatic carbocycles. The lowest BCUT2D eigenvalue weighted by Gasteiger charge is -2.19. The number of aromatic nitrogens is 1. The number of amides is 1. The molecule has 0 aliphatic rings. The molecule has 154 valence electrons. The quantitative estimate of drug-likeness (QED) is 0.574. The molecular formula is C24H25N3O3. The second kappa shape index (κ2) is 9.27. The van der Waals surface area contributed by atoms with Crippen molar-refractivity contribution in [3.63, 3.8) is 0 Å². The second-order valence-electron chi connectivity index (χ2n) is 7.66. The molecular weight excluding hydrogens is 378 g/mol. The minimum atomic E-state index is -1.08. The Morgan fingerprint density at radius 3 is 2.60 bits per heavy atom. The zero-order valence-corrected chi connectivity index (χ0v) is 17.4. The molecule has 6 nitrogen and oxygen atoms in total. The van der Waals surface area contributed by atoms with Crippen molar-refractivity contribution in [2.45, 2.75) is 33.7 Å². The smallest absolute Gasteiger partial charge is 0.404 e. The summed E-state index contributed by atoms with van der Waals surface area (Å²) in [6.45, 7) is 6.37. The second-order valence-corrected chi connectivity index (χ2v) is 7.66. The Kier molecular flexibility index (Phi) is 6.53. The summed E-state index contributed by atoms with van der Waals surface area (Å²) in [6.07, 6.45) is -0.343. The van der Waals surface area contributed by atoms with E-state index in [2.05, 4.69) is 19.2 Å². The Morgan fingerprint density at radius 1 is 1.23 bits per heavy atom. The molecule has 6 heteroatoms. The van der Waals surface area contributed by atoms with E-state index in [0.717, 1.165) is 45.3 Å². The van der Waals surface area contributed by atoms with Gasteiger partial charge in [-0.2, -0.15) is 5.26 Å². The summed E-state index contributed by atoms with van der Waals surface area (Å²) < 4.78 is 5.51. The molecule has 0 bridgehead atoms. The summed E-state index contributed by atoms with van der Waals surface area (Å²) in [5.41, 5.74) is 5.62. The molecule has 0 saturated heterocycles. The van der Waals surface area contributed by atoms with Gasteiger partial charge in [-0.15, -0.1) is 0 Å². The molecule has 1 heterocycles. The van der Waals surface area contributed by atoms with Gasteiger partial charge in [0.2, 0.25) is 0 Å². The highest BCUT2D eigenvalue weighted by atomic mass is 16.5. The third-order valence-corrected chi connectivity index (χ3v) is 4.80. The fraction of sp³-hybridized carbons (Fsp3) is 0.292. The summed E-state index contributed by atoms with van der Waals surface area (Å²) in [5, 5.41) is 21.4. The highest BCUT2D eigenvalue weighted by Gasteiger charge is 2.19. The fourth-order valence-electron chi connectivity index (χ4n) is 3.50. The number of carboxylic acid groups (broad SMARTS) is 1. The number of hydrogen-bond acceptors (Lipinski definition) is 4. The molecule has 1 amide bonds. The molecule has 0 fully saturated rings. The first-order valence-corrected chi connectivity index (χ1v) is 9.88. The van der Waals surface area contributed by atoms with E-state index in [-0.39, 0.29) is 13.2 Å². The van der Waals surface area contributed by atoms with E-state index in [1.165, 1.54) is 0 Å². The Labute approximate surface area is 176 Å². The lowest BCUT2D eigenvalue weighted by Crippen LogP contribution is -2.22. The molecule has 0 saturated carbocycles. The van der Waals surface area contributed by atoms with Crippen molar-refractivity contribution < 1.29 is 14.6 Å². The SMILES string of the molecule is Cc1ccc(-c2c(CNC(=O)O)c(CC(C)C)nc3ccc(OCC#N)cc23)cc1. The number of carbonyl (C=O) groups is 1. The number of hydrogen-bond donors (Lipinski definition) is 2. The predicted octanol–water partition coefficient (Wildman–Crippen LogP) is 5.08. The maximum atomic E-state index is 11.3. The lowest BCUT2D eigenvalue weighted by atomic mass is 9.91. The van der Waals surface area contributed by atoms with Crippen molar-refractivity contribution in [3.05, 3.63) is 59.3 Å². The average molecular weight is 403 g/mol. The van der Waals surface area contributed by atoms with E-state index in [1.54, 1.807) is 6.07 Å². The number of nitrogens with zero attached hydrogens (tertiary/aromatic N) is 2. The molecule has 1 aromatic heterocycles. The third kappa shape index (κ3) is 4.87. The van der Waals surface area contributed by atoms with Crippen LogP contribution in [0, 0.1) is 24.2 Å². The van der Waals surface area contributed by atoms with Crippen molar-refractivity contribution in [2.24, 2.45) is 5.92 Å². The van der Waals surface area contributed by atoms with Crippen LogP contribution in [0.15, 0.2) is 42.5 Å². The maximum absolute atomic E-state index is 11.3. The van der Waals surface area contributed by atoms with Crippen molar-refractivity contribution in [2.75, 3.05) is 6.61 Å². The van der Waals surface area contributed by atoms with Crippen LogP contribution < -0.4 is 10.1 Å². The lowest BCUT2D eigenvalue weighted by molar-refractivity contribution is 0.194. The molecule has 0 spiro atoms. The molecule has 0 atom stereocenters. The zero-order valence-electron chi connectivity index (χ0n) is 17.4. The number of nitrogens with one attached hydrogen (secondary N) is 1. The van der Waals surface area contributed by atoms with Crippen LogP contribution in [0.1, 0.15) is 30.7 Å². The average Bonchev–Trinajstić information content (AvgIpc) is 2.70. The summed E-state index contributed by atoms with van der Waals surface area (Å²) in [5.74, 6) is 0.940. The Bertz CT molecular complexity index is 1100. The first kappa shape index (κ1) is 21.1. The number of benzene rings is 2. The number of aryl methyl sites for hydroxylation is 1. The predicted molar refractivity (Wildman–Crippen MR) is 116 cm³/mol. The Balaban J connectivity index is 2.30. The number of ether oxygens (including phenoxy) is 1. The van der Waals surface area contributed by atoms with Crippen molar-refractivity contribution in [1.29, 1.82) is 5.26 Å². The molecule has 0 radical (unpaired) electrons. The fourth-order valence-corrected chi connectivity index (χ4v) is 3.50. The standard InChI is InChI=1S/C24H25N3O3/c1-15(2)12-22-20(14-26-24(28)29)23(17-6-4-16(3)5-7-17)19-13-18(30-11-10-25)8-9-21(19)27-22/h4-9,13,15,26H,11-12,14H2,1-3H3,(H,28,29). The van der Waals surface area contributed by atoms with Gasteiger partial charge < -0.3 is 15.2 Å². The molecule has 3 rings (SSSR count). The molecule has 2 N–H and O–H groups in total. The normalized spacial score (nSPS) is 10.8. The van der Waals surface area contributed by atoms with Gasteiger partial charge in [0.05, 0.1) is 5.52 Å². The van der Waals surface area contributed by atoms with E-state index >= 15 is 0 Å². The van der Waals surface area contributed by atoms with Crippen LogP contribution in [-0.4, -0.2) is 22.8 Å². The first-order valence-electron chi connectivity index (χ1n) is 9.88. The molecule has 2 aromatic carbocycles.